The van der Waals surface area contributed by atoms with Crippen molar-refractivity contribution in [1.29, 1.82) is 0 Å². The summed E-state index contributed by atoms with van der Waals surface area (Å²) in [4.78, 5) is 4.38. The minimum absolute atomic E-state index is 0.224. The van der Waals surface area contributed by atoms with Crippen molar-refractivity contribution in [1.82, 2.24) is 4.98 Å². The third kappa shape index (κ3) is 4.66. The minimum Gasteiger partial charge on any atom is -0.361 e. The van der Waals surface area contributed by atoms with Gasteiger partial charge in [0.2, 0.25) is 0 Å². The number of unbranched alkanes of at least 4 members (excludes halogenated alkanes) is 3. The Morgan fingerprint density at radius 2 is 2.11 bits per heavy atom. The van der Waals surface area contributed by atoms with E-state index >= 15 is 0 Å². The Labute approximate surface area is 121 Å². The Morgan fingerprint density at radius 1 is 1.26 bits per heavy atom. The third-order valence-corrected chi connectivity index (χ3v) is 4.59. The van der Waals surface area contributed by atoms with Crippen molar-refractivity contribution in [3.05, 3.63) is 24.0 Å². The standard InChI is InChI=1S/C14H19FN2S2/c1-18-9-5-3-2-4-8-16-14-17-12-10-11(15)6-7-13(12)19-14/h6-7,10H,2-5,8-9H2,1H3,(H,16,17). The van der Waals surface area contributed by atoms with Gasteiger partial charge in [-0.15, -0.1) is 0 Å². The number of anilines is 1. The normalized spacial score (nSPS) is 11.1. The quantitative estimate of drug-likeness (QED) is 0.711. The molecule has 0 radical (unpaired) electrons. The number of nitrogens with one attached hydrogen (secondary N) is 1. The molecule has 104 valence electrons. The number of aromatic nitrogens is 1. The maximum Gasteiger partial charge on any atom is 0.183 e. The van der Waals surface area contributed by atoms with E-state index in [1.54, 1.807) is 17.4 Å². The number of benzene rings is 1. The molecule has 1 aromatic carbocycles. The zero-order valence-electron chi connectivity index (χ0n) is 11.1. The summed E-state index contributed by atoms with van der Waals surface area (Å²) in [6.45, 7) is 0.946. The van der Waals surface area contributed by atoms with Crippen LogP contribution in [0.5, 0.6) is 0 Å². The van der Waals surface area contributed by atoms with Crippen LogP contribution in [-0.2, 0) is 0 Å². The molecule has 1 aromatic heterocycles. The first kappa shape index (κ1) is 14.6. The molecule has 0 saturated carbocycles. The Morgan fingerprint density at radius 3 is 2.95 bits per heavy atom. The second kappa shape index (κ2) is 7.70. The fourth-order valence-electron chi connectivity index (χ4n) is 1.90. The molecule has 2 rings (SSSR count). The summed E-state index contributed by atoms with van der Waals surface area (Å²) in [6.07, 6.45) is 7.18. The number of fused-ring (bicyclic) bond motifs is 1. The van der Waals surface area contributed by atoms with Crippen LogP contribution in [0, 0.1) is 5.82 Å². The number of thiazole rings is 1. The van der Waals surface area contributed by atoms with E-state index < -0.39 is 0 Å². The highest BCUT2D eigenvalue weighted by Gasteiger charge is 2.03. The summed E-state index contributed by atoms with van der Waals surface area (Å²) in [5, 5.41) is 4.22. The molecule has 0 spiro atoms. The average Bonchev–Trinajstić information content (AvgIpc) is 2.79. The van der Waals surface area contributed by atoms with Crippen LogP contribution in [0.3, 0.4) is 0 Å². The SMILES string of the molecule is CSCCCCCCNc1nc2cc(F)ccc2s1. The van der Waals surface area contributed by atoms with E-state index in [4.69, 9.17) is 0 Å². The van der Waals surface area contributed by atoms with Gasteiger partial charge in [0, 0.05) is 12.6 Å². The first-order chi connectivity index (χ1) is 9.29. The van der Waals surface area contributed by atoms with E-state index in [2.05, 4.69) is 16.6 Å². The summed E-state index contributed by atoms with van der Waals surface area (Å²) in [6, 6.07) is 4.76. The molecule has 0 amide bonds. The molecule has 2 nitrogen and oxygen atoms in total. The van der Waals surface area contributed by atoms with E-state index in [1.807, 2.05) is 11.8 Å². The van der Waals surface area contributed by atoms with Crippen LogP contribution in [0.2, 0.25) is 0 Å². The molecular weight excluding hydrogens is 279 g/mol. The number of nitrogens with zero attached hydrogens (tertiary/aromatic N) is 1. The lowest BCUT2D eigenvalue weighted by atomic mass is 10.2. The van der Waals surface area contributed by atoms with E-state index in [0.29, 0.717) is 0 Å². The predicted molar refractivity (Wildman–Crippen MR) is 84.9 cm³/mol. The largest absolute Gasteiger partial charge is 0.361 e. The van der Waals surface area contributed by atoms with E-state index in [0.717, 1.165) is 21.9 Å². The summed E-state index contributed by atoms with van der Waals surface area (Å²) in [5.74, 6) is 1.04. The molecule has 0 atom stereocenters. The lowest BCUT2D eigenvalue weighted by molar-refractivity contribution is 0.629. The van der Waals surface area contributed by atoms with E-state index in [1.165, 1.54) is 43.6 Å². The molecule has 19 heavy (non-hydrogen) atoms. The smallest absolute Gasteiger partial charge is 0.183 e. The number of halogens is 1. The molecule has 0 fully saturated rings. The third-order valence-electron chi connectivity index (χ3n) is 2.90. The predicted octanol–water partition coefficient (Wildman–Crippen LogP) is 4.77. The Balaban J connectivity index is 1.72. The van der Waals surface area contributed by atoms with Crippen molar-refractivity contribution in [3.63, 3.8) is 0 Å². The average molecular weight is 298 g/mol. The van der Waals surface area contributed by atoms with Crippen LogP contribution < -0.4 is 5.32 Å². The monoisotopic (exact) mass is 298 g/mol. The second-order valence-electron chi connectivity index (χ2n) is 4.46. The van der Waals surface area contributed by atoms with Crippen LogP contribution in [0.4, 0.5) is 9.52 Å². The first-order valence-corrected chi connectivity index (χ1v) is 8.79. The fraction of sp³-hybridized carbons (Fsp3) is 0.500. The molecule has 1 N–H and O–H groups in total. The van der Waals surface area contributed by atoms with Crippen molar-refractivity contribution in [3.8, 4) is 0 Å². The number of rotatable bonds is 8. The number of thioether (sulfide) groups is 1. The van der Waals surface area contributed by atoms with Gasteiger partial charge in [-0.3, -0.25) is 0 Å². The highest BCUT2D eigenvalue weighted by Crippen LogP contribution is 2.26. The maximum atomic E-state index is 13.0. The molecular formula is C14H19FN2S2. The maximum absolute atomic E-state index is 13.0. The van der Waals surface area contributed by atoms with Crippen LogP contribution >= 0.6 is 23.1 Å². The van der Waals surface area contributed by atoms with Gasteiger partial charge in [-0.2, -0.15) is 11.8 Å². The van der Waals surface area contributed by atoms with Gasteiger partial charge in [0.25, 0.3) is 0 Å². The highest BCUT2D eigenvalue weighted by atomic mass is 32.2. The van der Waals surface area contributed by atoms with Gasteiger partial charge in [0.05, 0.1) is 10.2 Å². The van der Waals surface area contributed by atoms with Crippen LogP contribution in [-0.4, -0.2) is 23.5 Å². The zero-order chi connectivity index (χ0) is 13.5. The summed E-state index contributed by atoms with van der Waals surface area (Å²) < 4.78 is 14.1. The lowest BCUT2D eigenvalue weighted by Crippen LogP contribution is -2.00. The van der Waals surface area contributed by atoms with E-state index in [9.17, 15) is 4.39 Å². The van der Waals surface area contributed by atoms with Crippen molar-refractivity contribution >= 4 is 38.4 Å². The van der Waals surface area contributed by atoms with Crippen molar-refractivity contribution in [2.24, 2.45) is 0 Å². The molecule has 0 saturated heterocycles. The summed E-state index contributed by atoms with van der Waals surface area (Å²) in [5.41, 5.74) is 0.743. The highest BCUT2D eigenvalue weighted by molar-refractivity contribution is 7.98. The van der Waals surface area contributed by atoms with Gasteiger partial charge in [0.1, 0.15) is 5.82 Å². The Bertz CT molecular complexity index is 513. The molecule has 5 heteroatoms. The lowest BCUT2D eigenvalue weighted by Gasteiger charge is -2.02. The van der Waals surface area contributed by atoms with Gasteiger partial charge < -0.3 is 5.32 Å². The minimum atomic E-state index is -0.224. The van der Waals surface area contributed by atoms with Gasteiger partial charge in [-0.05, 0) is 37.0 Å². The van der Waals surface area contributed by atoms with Crippen LogP contribution in [0.15, 0.2) is 18.2 Å². The number of hydrogen-bond donors (Lipinski definition) is 1. The first-order valence-electron chi connectivity index (χ1n) is 6.58. The molecule has 0 aliphatic rings. The van der Waals surface area contributed by atoms with Gasteiger partial charge in [-0.1, -0.05) is 24.2 Å². The topological polar surface area (TPSA) is 24.9 Å². The Kier molecular flexibility index (Phi) is 5.92. The molecule has 0 aliphatic heterocycles. The van der Waals surface area contributed by atoms with Crippen molar-refractivity contribution < 1.29 is 4.39 Å². The molecule has 0 bridgehead atoms. The molecule has 1 heterocycles. The van der Waals surface area contributed by atoms with Crippen LogP contribution in [0.1, 0.15) is 25.7 Å². The van der Waals surface area contributed by atoms with E-state index in [-0.39, 0.29) is 5.82 Å². The van der Waals surface area contributed by atoms with Crippen molar-refractivity contribution in [2.75, 3.05) is 23.9 Å². The van der Waals surface area contributed by atoms with Crippen LogP contribution in [0.25, 0.3) is 10.2 Å². The zero-order valence-corrected chi connectivity index (χ0v) is 12.7. The summed E-state index contributed by atoms with van der Waals surface area (Å²) >= 11 is 3.50. The van der Waals surface area contributed by atoms with Gasteiger partial charge in [0.15, 0.2) is 5.13 Å². The van der Waals surface area contributed by atoms with Gasteiger partial charge >= 0.3 is 0 Å². The fourth-order valence-corrected chi connectivity index (χ4v) is 3.26. The second-order valence-corrected chi connectivity index (χ2v) is 6.48. The molecule has 0 aliphatic carbocycles. The Hall–Kier alpha value is -0.810. The molecule has 0 unspecified atom stereocenters. The van der Waals surface area contributed by atoms with Gasteiger partial charge in [-0.25, -0.2) is 9.37 Å². The summed E-state index contributed by atoms with van der Waals surface area (Å²) in [7, 11) is 0. The van der Waals surface area contributed by atoms with Crippen molar-refractivity contribution in [2.45, 2.75) is 25.7 Å². The number of hydrogen-bond acceptors (Lipinski definition) is 4. The molecule has 2 aromatic rings.